The van der Waals surface area contributed by atoms with E-state index in [4.69, 9.17) is 0 Å². The predicted octanol–water partition coefficient (Wildman–Crippen LogP) is -2.26. The molecule has 0 bridgehead atoms. The summed E-state index contributed by atoms with van der Waals surface area (Å²) in [6.07, 6.45) is 2.49. The van der Waals surface area contributed by atoms with Crippen LogP contribution >= 0.6 is 11.3 Å². The summed E-state index contributed by atoms with van der Waals surface area (Å²) in [6.45, 7) is 3.84. The van der Waals surface area contributed by atoms with Crippen molar-refractivity contribution in [3.8, 4) is 0 Å². The van der Waals surface area contributed by atoms with Gasteiger partial charge in [-0.25, -0.2) is 9.78 Å². The number of rotatable bonds is 5. The fourth-order valence-corrected chi connectivity index (χ4v) is 2.96. The molecule has 1 aromatic heterocycles. The topological polar surface area (TPSA) is 94.2 Å². The van der Waals surface area contributed by atoms with Crippen molar-refractivity contribution in [1.29, 1.82) is 0 Å². The molecular formula is C13H18KN3O3S. The number of carboxylic acid groups (broad SMARTS) is 1. The van der Waals surface area contributed by atoms with E-state index < -0.39 is 17.5 Å². The van der Waals surface area contributed by atoms with Crippen LogP contribution in [0.2, 0.25) is 0 Å². The molecule has 1 aliphatic carbocycles. The molecule has 0 aliphatic heterocycles. The Morgan fingerprint density at radius 3 is 2.62 bits per heavy atom. The minimum absolute atomic E-state index is 0. The first-order valence-electron chi connectivity index (χ1n) is 6.71. The quantitative estimate of drug-likeness (QED) is 0.594. The molecule has 1 heterocycles. The van der Waals surface area contributed by atoms with Gasteiger partial charge in [-0.15, -0.1) is 11.3 Å². The van der Waals surface area contributed by atoms with Crippen LogP contribution in [0.15, 0.2) is 5.38 Å². The monoisotopic (exact) mass is 335 g/mol. The normalized spacial score (nSPS) is 17.0. The Morgan fingerprint density at radius 2 is 2.19 bits per heavy atom. The second-order valence-corrected chi connectivity index (χ2v) is 6.01. The van der Waals surface area contributed by atoms with Gasteiger partial charge in [-0.2, -0.15) is 0 Å². The van der Waals surface area contributed by atoms with Gasteiger partial charge in [0, 0.05) is 5.38 Å². The standard InChI is InChI=1S/C13H19N3O3S.K/c1-3-10-15-9(7-20-10)8(2)14-12(19)16-13(11(17)18)5-4-6-13;/h7-8H,3-6H2,1-2H3,(H,17,18)(H2,14,16,19);/q;+1/p-1. The molecule has 0 radical (unpaired) electrons. The summed E-state index contributed by atoms with van der Waals surface area (Å²) in [4.78, 5) is 27.3. The molecule has 1 aliphatic rings. The van der Waals surface area contributed by atoms with Crippen LogP contribution in [-0.4, -0.2) is 22.5 Å². The number of aryl methyl sites for hydroxylation is 1. The van der Waals surface area contributed by atoms with Crippen molar-refractivity contribution < 1.29 is 66.1 Å². The average molecular weight is 335 g/mol. The Bertz CT molecular complexity index is 517. The summed E-state index contributed by atoms with van der Waals surface area (Å²) < 4.78 is 0. The number of carbonyl (C=O) groups excluding carboxylic acids is 2. The van der Waals surface area contributed by atoms with E-state index in [0.29, 0.717) is 12.8 Å². The minimum Gasteiger partial charge on any atom is -0.548 e. The Balaban J connectivity index is 0.00000220. The Hall–Kier alpha value is 0.00636. The maximum atomic E-state index is 11.9. The number of carboxylic acids is 1. The van der Waals surface area contributed by atoms with Gasteiger partial charge in [-0.1, -0.05) is 6.92 Å². The van der Waals surface area contributed by atoms with Crippen molar-refractivity contribution in [3.63, 3.8) is 0 Å². The molecule has 110 valence electrons. The van der Waals surface area contributed by atoms with E-state index in [1.807, 2.05) is 19.2 Å². The van der Waals surface area contributed by atoms with Crippen molar-refractivity contribution in [2.75, 3.05) is 0 Å². The number of thiazole rings is 1. The molecule has 21 heavy (non-hydrogen) atoms. The summed E-state index contributed by atoms with van der Waals surface area (Å²) in [5, 5.41) is 19.2. The number of aromatic nitrogens is 1. The van der Waals surface area contributed by atoms with Crippen LogP contribution in [0, 0.1) is 0 Å². The average Bonchev–Trinajstić information content (AvgIpc) is 2.82. The van der Waals surface area contributed by atoms with Crippen LogP contribution in [-0.2, 0) is 11.2 Å². The van der Waals surface area contributed by atoms with Crippen molar-refractivity contribution in [3.05, 3.63) is 16.1 Å². The fraction of sp³-hybridized carbons (Fsp3) is 0.615. The zero-order valence-corrected chi connectivity index (χ0v) is 16.5. The molecule has 2 rings (SSSR count). The second kappa shape index (κ2) is 8.03. The first-order valence-corrected chi connectivity index (χ1v) is 7.59. The zero-order chi connectivity index (χ0) is 14.8. The predicted molar refractivity (Wildman–Crippen MR) is 73.2 cm³/mol. The van der Waals surface area contributed by atoms with E-state index in [9.17, 15) is 14.7 Å². The van der Waals surface area contributed by atoms with Gasteiger partial charge in [0.15, 0.2) is 0 Å². The zero-order valence-electron chi connectivity index (χ0n) is 12.6. The molecule has 1 atom stereocenters. The van der Waals surface area contributed by atoms with Crippen LogP contribution < -0.4 is 67.1 Å². The number of nitrogens with one attached hydrogen (secondary N) is 2. The number of hydrogen-bond acceptors (Lipinski definition) is 5. The largest absolute Gasteiger partial charge is 1.00 e. The maximum absolute atomic E-state index is 11.9. The molecule has 1 saturated carbocycles. The van der Waals surface area contributed by atoms with Crippen LogP contribution in [0.5, 0.6) is 0 Å². The Labute approximate surface area is 170 Å². The molecule has 1 fully saturated rings. The van der Waals surface area contributed by atoms with Crippen LogP contribution in [0.1, 0.15) is 49.9 Å². The third-order valence-corrected chi connectivity index (χ3v) is 4.63. The summed E-state index contributed by atoms with van der Waals surface area (Å²) in [6, 6.07) is -0.752. The van der Waals surface area contributed by atoms with E-state index in [0.717, 1.165) is 23.5 Å². The van der Waals surface area contributed by atoms with E-state index in [2.05, 4.69) is 15.6 Å². The maximum Gasteiger partial charge on any atom is 1.00 e. The molecule has 8 heteroatoms. The van der Waals surface area contributed by atoms with Gasteiger partial charge in [0.25, 0.3) is 0 Å². The molecule has 2 amide bonds. The first-order chi connectivity index (χ1) is 9.47. The SMILES string of the molecule is CCc1nc(C(C)NC(=O)NC2(C(=O)[O-])CCC2)cs1.[K+]. The van der Waals surface area contributed by atoms with Gasteiger partial charge in [0.2, 0.25) is 0 Å². The molecule has 6 nitrogen and oxygen atoms in total. The summed E-state index contributed by atoms with van der Waals surface area (Å²) in [7, 11) is 0. The van der Waals surface area contributed by atoms with Crippen molar-refractivity contribution >= 4 is 23.3 Å². The third kappa shape index (κ3) is 4.49. The van der Waals surface area contributed by atoms with Crippen molar-refractivity contribution in [2.24, 2.45) is 0 Å². The van der Waals surface area contributed by atoms with Crippen LogP contribution in [0.4, 0.5) is 4.79 Å². The first kappa shape index (κ1) is 19.1. The van der Waals surface area contributed by atoms with Crippen molar-refractivity contribution in [2.45, 2.75) is 51.1 Å². The van der Waals surface area contributed by atoms with E-state index in [1.165, 1.54) is 0 Å². The minimum atomic E-state index is -1.21. The number of carbonyl (C=O) groups is 2. The summed E-state index contributed by atoms with van der Waals surface area (Å²) in [5.74, 6) is -1.21. The van der Waals surface area contributed by atoms with Gasteiger partial charge in [-0.3, -0.25) is 0 Å². The molecule has 0 aromatic carbocycles. The molecular weight excluding hydrogens is 317 g/mol. The molecule has 0 spiro atoms. The molecule has 2 N–H and O–H groups in total. The van der Waals surface area contributed by atoms with E-state index in [1.54, 1.807) is 11.3 Å². The summed E-state index contributed by atoms with van der Waals surface area (Å²) in [5.41, 5.74) is -0.404. The van der Waals surface area contributed by atoms with E-state index in [-0.39, 0.29) is 57.4 Å². The van der Waals surface area contributed by atoms with Gasteiger partial charge in [0.05, 0.1) is 28.3 Å². The smallest absolute Gasteiger partial charge is 0.548 e. The summed E-state index contributed by atoms with van der Waals surface area (Å²) >= 11 is 1.55. The number of aliphatic carboxylic acids is 1. The fourth-order valence-electron chi connectivity index (χ4n) is 2.12. The number of hydrogen-bond donors (Lipinski definition) is 2. The van der Waals surface area contributed by atoms with E-state index >= 15 is 0 Å². The molecule has 1 aromatic rings. The number of nitrogens with zero attached hydrogens (tertiary/aromatic N) is 1. The number of urea groups is 1. The van der Waals surface area contributed by atoms with Crippen LogP contribution in [0.25, 0.3) is 0 Å². The van der Waals surface area contributed by atoms with Gasteiger partial charge >= 0.3 is 57.4 Å². The second-order valence-electron chi connectivity index (χ2n) is 5.06. The van der Waals surface area contributed by atoms with Gasteiger partial charge < -0.3 is 20.5 Å². The van der Waals surface area contributed by atoms with Crippen molar-refractivity contribution in [1.82, 2.24) is 15.6 Å². The van der Waals surface area contributed by atoms with Gasteiger partial charge in [-0.05, 0) is 32.6 Å². The molecule has 1 unspecified atom stereocenters. The Morgan fingerprint density at radius 1 is 1.52 bits per heavy atom. The van der Waals surface area contributed by atoms with Crippen LogP contribution in [0.3, 0.4) is 0 Å². The molecule has 0 saturated heterocycles. The third-order valence-electron chi connectivity index (χ3n) is 3.61. The number of amides is 2. The van der Waals surface area contributed by atoms with Gasteiger partial charge in [0.1, 0.15) is 0 Å². The Kier molecular flexibility index (Phi) is 7.28.